The van der Waals surface area contributed by atoms with Gasteiger partial charge >= 0.3 is 5.97 Å². The average molecular weight is 343 g/mol. The molecule has 25 heavy (non-hydrogen) atoms. The number of carbonyl (C=O) groups is 2. The molecule has 6 heteroatoms. The largest absolute Gasteiger partial charge is 0.489 e. The Labute approximate surface area is 144 Å². The van der Waals surface area contributed by atoms with Crippen molar-refractivity contribution in [3.63, 3.8) is 0 Å². The van der Waals surface area contributed by atoms with Gasteiger partial charge in [0.15, 0.2) is 0 Å². The predicted molar refractivity (Wildman–Crippen MR) is 88.9 cm³/mol. The number of carbonyl (C=O) groups excluding carboxylic acids is 1. The lowest BCUT2D eigenvalue weighted by atomic mass is 10.1. The van der Waals surface area contributed by atoms with Crippen LogP contribution in [0.1, 0.15) is 28.8 Å². The van der Waals surface area contributed by atoms with Crippen molar-refractivity contribution in [2.45, 2.75) is 25.5 Å². The van der Waals surface area contributed by atoms with Gasteiger partial charge in [0.2, 0.25) is 0 Å². The number of benzene rings is 2. The summed E-state index contributed by atoms with van der Waals surface area (Å²) < 4.78 is 18.7. The van der Waals surface area contributed by atoms with Gasteiger partial charge in [-0.1, -0.05) is 18.2 Å². The molecular weight excluding hydrogens is 325 g/mol. The third-order valence-electron chi connectivity index (χ3n) is 4.17. The van der Waals surface area contributed by atoms with Crippen LogP contribution < -0.4 is 4.74 Å². The minimum atomic E-state index is -0.976. The maximum absolute atomic E-state index is 13.2. The lowest BCUT2D eigenvalue weighted by Gasteiger charge is -2.21. The average Bonchev–Trinajstić information content (AvgIpc) is 3.10. The number of ether oxygens (including phenoxy) is 1. The van der Waals surface area contributed by atoms with E-state index in [4.69, 9.17) is 4.74 Å². The van der Waals surface area contributed by atoms with E-state index in [1.807, 2.05) is 0 Å². The molecule has 0 aromatic heterocycles. The van der Waals surface area contributed by atoms with Crippen LogP contribution >= 0.6 is 0 Å². The van der Waals surface area contributed by atoms with Crippen molar-refractivity contribution in [2.75, 3.05) is 6.54 Å². The van der Waals surface area contributed by atoms with Crippen LogP contribution in [-0.4, -0.2) is 34.5 Å². The molecule has 5 nitrogen and oxygen atoms in total. The van der Waals surface area contributed by atoms with Crippen LogP contribution in [0.5, 0.6) is 5.75 Å². The molecular formula is C19H18FNO4. The normalized spacial score (nSPS) is 16.7. The van der Waals surface area contributed by atoms with Gasteiger partial charge in [-0.2, -0.15) is 0 Å². The Bertz CT molecular complexity index is 792. The van der Waals surface area contributed by atoms with E-state index >= 15 is 0 Å². The Morgan fingerprint density at radius 3 is 2.76 bits per heavy atom. The Morgan fingerprint density at radius 1 is 1.20 bits per heavy atom. The highest BCUT2D eigenvalue weighted by Crippen LogP contribution is 2.21. The number of carboxylic acid groups (broad SMARTS) is 1. The van der Waals surface area contributed by atoms with E-state index < -0.39 is 12.0 Å². The second-order valence-corrected chi connectivity index (χ2v) is 5.94. The first kappa shape index (κ1) is 17.0. The van der Waals surface area contributed by atoms with Crippen LogP contribution in [0, 0.1) is 5.82 Å². The van der Waals surface area contributed by atoms with Crippen molar-refractivity contribution in [1.82, 2.24) is 4.90 Å². The molecule has 2 aromatic carbocycles. The molecule has 0 spiro atoms. The first-order valence-electron chi connectivity index (χ1n) is 8.05. The van der Waals surface area contributed by atoms with Gasteiger partial charge < -0.3 is 14.7 Å². The fourth-order valence-corrected chi connectivity index (χ4v) is 2.95. The number of carboxylic acids is 1. The highest BCUT2D eigenvalue weighted by atomic mass is 19.1. The topological polar surface area (TPSA) is 66.8 Å². The van der Waals surface area contributed by atoms with E-state index in [0.29, 0.717) is 30.7 Å². The summed E-state index contributed by atoms with van der Waals surface area (Å²) in [6.45, 7) is 0.632. The fraction of sp³-hybridized carbons (Fsp3) is 0.263. The minimum absolute atomic E-state index is 0.187. The van der Waals surface area contributed by atoms with Crippen LogP contribution in [0.3, 0.4) is 0 Å². The maximum Gasteiger partial charge on any atom is 0.326 e. The minimum Gasteiger partial charge on any atom is -0.489 e. The summed E-state index contributed by atoms with van der Waals surface area (Å²) >= 11 is 0. The number of halogens is 1. The summed E-state index contributed by atoms with van der Waals surface area (Å²) in [4.78, 5) is 25.3. The Kier molecular flexibility index (Phi) is 4.97. The van der Waals surface area contributed by atoms with Gasteiger partial charge in [0, 0.05) is 18.2 Å². The zero-order valence-electron chi connectivity index (χ0n) is 13.5. The van der Waals surface area contributed by atoms with Gasteiger partial charge in [-0.15, -0.1) is 0 Å². The van der Waals surface area contributed by atoms with Crippen molar-refractivity contribution in [1.29, 1.82) is 0 Å². The molecule has 1 N–H and O–H groups in total. The zero-order chi connectivity index (χ0) is 17.8. The summed E-state index contributed by atoms with van der Waals surface area (Å²) in [6.07, 6.45) is 1.16. The quantitative estimate of drug-likeness (QED) is 0.906. The van der Waals surface area contributed by atoms with E-state index in [-0.39, 0.29) is 18.3 Å². The van der Waals surface area contributed by atoms with Crippen molar-refractivity contribution >= 4 is 11.9 Å². The van der Waals surface area contributed by atoms with Crippen molar-refractivity contribution < 1.29 is 23.8 Å². The molecule has 1 aliphatic rings. The molecule has 1 heterocycles. The highest BCUT2D eigenvalue weighted by Gasteiger charge is 2.34. The molecule has 1 amide bonds. The number of hydrogen-bond acceptors (Lipinski definition) is 3. The van der Waals surface area contributed by atoms with E-state index in [1.165, 1.54) is 17.0 Å². The first-order chi connectivity index (χ1) is 12.0. The molecule has 0 radical (unpaired) electrons. The highest BCUT2D eigenvalue weighted by molar-refractivity contribution is 5.97. The molecule has 3 rings (SSSR count). The second kappa shape index (κ2) is 7.34. The van der Waals surface area contributed by atoms with Crippen LogP contribution in [0.4, 0.5) is 4.39 Å². The monoisotopic (exact) mass is 343 g/mol. The number of hydrogen-bond donors (Lipinski definition) is 1. The Balaban J connectivity index is 1.70. The molecule has 1 aliphatic heterocycles. The third kappa shape index (κ3) is 3.96. The summed E-state index contributed by atoms with van der Waals surface area (Å²) in [7, 11) is 0. The number of rotatable bonds is 5. The van der Waals surface area contributed by atoms with Crippen LogP contribution in [-0.2, 0) is 11.4 Å². The van der Waals surface area contributed by atoms with Crippen LogP contribution in [0.15, 0.2) is 48.5 Å². The molecule has 2 aromatic rings. The molecule has 0 bridgehead atoms. The molecule has 1 unspecified atom stereocenters. The van der Waals surface area contributed by atoms with Crippen molar-refractivity contribution in [3.05, 3.63) is 65.5 Å². The second-order valence-electron chi connectivity index (χ2n) is 5.94. The molecule has 0 saturated carbocycles. The summed E-state index contributed by atoms with van der Waals surface area (Å²) in [5, 5.41) is 9.22. The molecule has 1 atom stereocenters. The van der Waals surface area contributed by atoms with Gasteiger partial charge in [-0.05, 0) is 42.7 Å². The lowest BCUT2D eigenvalue weighted by molar-refractivity contribution is -0.141. The SMILES string of the molecule is O=C(O)C1CCCN1C(=O)c1cccc(COc2cccc(F)c2)c1. The molecule has 0 aliphatic carbocycles. The third-order valence-corrected chi connectivity index (χ3v) is 4.17. The van der Waals surface area contributed by atoms with E-state index in [2.05, 4.69) is 0 Å². The maximum atomic E-state index is 13.2. The number of aliphatic carboxylic acids is 1. The van der Waals surface area contributed by atoms with Gasteiger partial charge in [-0.3, -0.25) is 4.79 Å². The fourth-order valence-electron chi connectivity index (χ4n) is 2.95. The smallest absolute Gasteiger partial charge is 0.326 e. The molecule has 1 saturated heterocycles. The van der Waals surface area contributed by atoms with Crippen LogP contribution in [0.25, 0.3) is 0 Å². The molecule has 1 fully saturated rings. The standard InChI is InChI=1S/C19H18FNO4/c20-15-6-2-7-16(11-15)25-12-13-4-1-5-14(10-13)18(22)21-9-3-8-17(21)19(23)24/h1-2,4-7,10-11,17H,3,8-9,12H2,(H,23,24). The van der Waals surface area contributed by atoms with Crippen LogP contribution in [0.2, 0.25) is 0 Å². The summed E-state index contributed by atoms with van der Waals surface area (Å²) in [5.41, 5.74) is 1.18. The Morgan fingerprint density at radius 2 is 2.00 bits per heavy atom. The summed E-state index contributed by atoms with van der Waals surface area (Å²) in [5.74, 6) is -1.24. The van der Waals surface area contributed by atoms with E-state index in [1.54, 1.807) is 36.4 Å². The lowest BCUT2D eigenvalue weighted by Crippen LogP contribution is -2.40. The predicted octanol–water partition coefficient (Wildman–Crippen LogP) is 3.09. The van der Waals surface area contributed by atoms with E-state index in [9.17, 15) is 19.1 Å². The summed E-state index contributed by atoms with van der Waals surface area (Å²) in [6, 6.07) is 11.9. The molecule has 130 valence electrons. The van der Waals surface area contributed by atoms with Crippen molar-refractivity contribution in [3.8, 4) is 5.75 Å². The zero-order valence-corrected chi connectivity index (χ0v) is 13.5. The van der Waals surface area contributed by atoms with Gasteiger partial charge in [-0.25, -0.2) is 9.18 Å². The van der Waals surface area contributed by atoms with Gasteiger partial charge in [0.05, 0.1) is 0 Å². The van der Waals surface area contributed by atoms with Gasteiger partial charge in [0.25, 0.3) is 5.91 Å². The Hall–Kier alpha value is -2.89. The van der Waals surface area contributed by atoms with E-state index in [0.717, 1.165) is 5.56 Å². The number of likely N-dealkylation sites (tertiary alicyclic amines) is 1. The number of amides is 1. The number of nitrogens with zero attached hydrogens (tertiary/aromatic N) is 1. The van der Waals surface area contributed by atoms with Crippen molar-refractivity contribution in [2.24, 2.45) is 0 Å². The first-order valence-corrected chi connectivity index (χ1v) is 8.05. The van der Waals surface area contributed by atoms with Gasteiger partial charge in [0.1, 0.15) is 24.2 Å².